The molecule has 2 rings (SSSR count). The van der Waals surface area contributed by atoms with Gasteiger partial charge in [-0.15, -0.1) is 0 Å². The van der Waals surface area contributed by atoms with Gasteiger partial charge in [-0.1, -0.05) is 0 Å². The van der Waals surface area contributed by atoms with Crippen molar-refractivity contribution in [2.24, 2.45) is 11.7 Å². The first-order valence-electron chi connectivity index (χ1n) is 6.14. The van der Waals surface area contributed by atoms with Gasteiger partial charge in [-0.3, -0.25) is 0 Å². The average Bonchev–Trinajstić information content (AvgIpc) is 2.66. The van der Waals surface area contributed by atoms with Crippen LogP contribution in [-0.4, -0.2) is 35.2 Å². The molecule has 2 fully saturated rings. The molecule has 0 radical (unpaired) electrons. The fourth-order valence-electron chi connectivity index (χ4n) is 2.87. The Bertz CT molecular complexity index is 285. The third-order valence-corrected chi connectivity index (χ3v) is 3.57. The van der Waals surface area contributed by atoms with Crippen LogP contribution >= 0.6 is 0 Å². The third-order valence-electron chi connectivity index (χ3n) is 3.57. The van der Waals surface area contributed by atoms with Gasteiger partial charge in [-0.05, 0) is 46.0 Å². The van der Waals surface area contributed by atoms with Gasteiger partial charge in [0.2, 0.25) is 0 Å². The van der Waals surface area contributed by atoms with Crippen LogP contribution < -0.4 is 5.73 Å². The zero-order chi connectivity index (χ0) is 11.9. The van der Waals surface area contributed by atoms with Crippen LogP contribution in [-0.2, 0) is 4.74 Å². The van der Waals surface area contributed by atoms with E-state index in [1.165, 1.54) is 0 Å². The Morgan fingerprint density at radius 2 is 2.00 bits per heavy atom. The van der Waals surface area contributed by atoms with E-state index in [9.17, 15) is 4.79 Å². The van der Waals surface area contributed by atoms with Crippen molar-refractivity contribution in [1.82, 2.24) is 4.90 Å². The standard InChI is InChI=1S/C12H22N2O2/c1-12(2,3)16-11(15)14-7-6-8-9(13)4-5-10(8)14/h8-10H,4-7,13H2,1-3H3. The van der Waals surface area contributed by atoms with Crippen molar-refractivity contribution in [2.75, 3.05) is 6.54 Å². The van der Waals surface area contributed by atoms with Gasteiger partial charge in [-0.2, -0.15) is 0 Å². The molecule has 3 unspecified atom stereocenters. The SMILES string of the molecule is CC(C)(C)OC(=O)N1CCC2C(N)CCC21. The fraction of sp³-hybridized carbons (Fsp3) is 0.917. The molecule has 3 atom stereocenters. The van der Waals surface area contributed by atoms with Gasteiger partial charge in [0.1, 0.15) is 5.60 Å². The number of amides is 1. The monoisotopic (exact) mass is 226 g/mol. The average molecular weight is 226 g/mol. The highest BCUT2D eigenvalue weighted by atomic mass is 16.6. The highest BCUT2D eigenvalue weighted by Gasteiger charge is 2.45. The predicted molar refractivity (Wildman–Crippen MR) is 62.0 cm³/mol. The summed E-state index contributed by atoms with van der Waals surface area (Å²) in [6.45, 7) is 6.51. The molecular formula is C12H22N2O2. The summed E-state index contributed by atoms with van der Waals surface area (Å²) < 4.78 is 5.41. The summed E-state index contributed by atoms with van der Waals surface area (Å²) in [6.07, 6.45) is 2.93. The molecule has 0 bridgehead atoms. The molecule has 1 saturated carbocycles. The van der Waals surface area contributed by atoms with Gasteiger partial charge < -0.3 is 15.4 Å². The van der Waals surface area contributed by atoms with Gasteiger partial charge in [0, 0.05) is 18.6 Å². The zero-order valence-electron chi connectivity index (χ0n) is 10.4. The summed E-state index contributed by atoms with van der Waals surface area (Å²) in [5, 5.41) is 0. The normalized spacial score (nSPS) is 34.0. The molecule has 1 aliphatic carbocycles. The lowest BCUT2D eigenvalue weighted by Crippen LogP contribution is -2.40. The van der Waals surface area contributed by atoms with E-state index in [1.54, 1.807) is 0 Å². The Morgan fingerprint density at radius 1 is 1.31 bits per heavy atom. The number of nitrogens with zero attached hydrogens (tertiary/aromatic N) is 1. The maximum atomic E-state index is 12.0. The molecular weight excluding hydrogens is 204 g/mol. The molecule has 0 spiro atoms. The lowest BCUT2D eigenvalue weighted by atomic mass is 10.0. The summed E-state index contributed by atoms with van der Waals surface area (Å²) in [5.74, 6) is 0.493. The van der Waals surface area contributed by atoms with E-state index in [4.69, 9.17) is 10.5 Å². The molecule has 4 nitrogen and oxygen atoms in total. The van der Waals surface area contributed by atoms with Gasteiger partial charge in [0.25, 0.3) is 0 Å². The Labute approximate surface area is 97.1 Å². The highest BCUT2D eigenvalue weighted by Crippen LogP contribution is 2.37. The number of carbonyl (C=O) groups is 1. The lowest BCUT2D eigenvalue weighted by molar-refractivity contribution is 0.0218. The molecule has 0 aromatic carbocycles. The molecule has 1 aliphatic heterocycles. The summed E-state index contributed by atoms with van der Waals surface area (Å²) in [4.78, 5) is 13.9. The van der Waals surface area contributed by atoms with Crippen molar-refractivity contribution in [1.29, 1.82) is 0 Å². The molecule has 1 amide bonds. The summed E-state index contributed by atoms with van der Waals surface area (Å²) in [7, 11) is 0. The molecule has 16 heavy (non-hydrogen) atoms. The van der Waals surface area contributed by atoms with Crippen molar-refractivity contribution in [3.63, 3.8) is 0 Å². The number of fused-ring (bicyclic) bond motifs is 1. The van der Waals surface area contributed by atoms with E-state index in [1.807, 2.05) is 25.7 Å². The van der Waals surface area contributed by atoms with Crippen molar-refractivity contribution in [3.05, 3.63) is 0 Å². The van der Waals surface area contributed by atoms with Crippen molar-refractivity contribution in [3.8, 4) is 0 Å². The van der Waals surface area contributed by atoms with E-state index in [0.29, 0.717) is 12.0 Å². The zero-order valence-corrected chi connectivity index (χ0v) is 10.4. The molecule has 0 aromatic heterocycles. The Hall–Kier alpha value is -0.770. The molecule has 0 aromatic rings. The predicted octanol–water partition coefficient (Wildman–Crippen LogP) is 1.73. The molecule has 92 valence electrons. The quantitative estimate of drug-likeness (QED) is 0.684. The second-order valence-corrected chi connectivity index (χ2v) is 5.93. The van der Waals surface area contributed by atoms with E-state index >= 15 is 0 Å². The molecule has 2 N–H and O–H groups in total. The van der Waals surface area contributed by atoms with Crippen LogP contribution in [0.15, 0.2) is 0 Å². The van der Waals surface area contributed by atoms with E-state index in [2.05, 4.69) is 0 Å². The van der Waals surface area contributed by atoms with Crippen LogP contribution in [0.5, 0.6) is 0 Å². The number of carbonyl (C=O) groups excluding carboxylic acids is 1. The smallest absolute Gasteiger partial charge is 0.410 e. The van der Waals surface area contributed by atoms with Crippen LogP contribution in [0.1, 0.15) is 40.0 Å². The summed E-state index contributed by atoms with van der Waals surface area (Å²) >= 11 is 0. The Morgan fingerprint density at radius 3 is 2.62 bits per heavy atom. The second-order valence-electron chi connectivity index (χ2n) is 5.93. The fourth-order valence-corrected chi connectivity index (χ4v) is 2.87. The Kier molecular flexibility index (Phi) is 2.86. The second kappa shape index (κ2) is 3.91. The number of hydrogen-bond acceptors (Lipinski definition) is 3. The lowest BCUT2D eigenvalue weighted by Gasteiger charge is -2.28. The third kappa shape index (κ3) is 2.17. The van der Waals surface area contributed by atoms with Gasteiger partial charge >= 0.3 is 6.09 Å². The van der Waals surface area contributed by atoms with E-state index < -0.39 is 5.60 Å². The highest BCUT2D eigenvalue weighted by molar-refractivity contribution is 5.69. The van der Waals surface area contributed by atoms with Crippen LogP contribution in [0, 0.1) is 5.92 Å². The number of rotatable bonds is 0. The van der Waals surface area contributed by atoms with Gasteiger partial charge in [-0.25, -0.2) is 4.79 Å². The summed E-state index contributed by atoms with van der Waals surface area (Å²) in [6, 6.07) is 0.599. The van der Waals surface area contributed by atoms with Crippen molar-refractivity contribution < 1.29 is 9.53 Å². The van der Waals surface area contributed by atoms with E-state index in [0.717, 1.165) is 25.8 Å². The first-order valence-corrected chi connectivity index (χ1v) is 6.14. The van der Waals surface area contributed by atoms with Gasteiger partial charge in [0.05, 0.1) is 0 Å². The topological polar surface area (TPSA) is 55.6 Å². The molecule has 2 aliphatic rings. The van der Waals surface area contributed by atoms with Crippen LogP contribution in [0.25, 0.3) is 0 Å². The van der Waals surface area contributed by atoms with E-state index in [-0.39, 0.29) is 12.1 Å². The maximum Gasteiger partial charge on any atom is 0.410 e. The molecule has 1 heterocycles. The Balaban J connectivity index is 1.99. The maximum absolute atomic E-state index is 12.0. The number of nitrogens with two attached hydrogens (primary N) is 1. The molecule has 1 saturated heterocycles. The van der Waals surface area contributed by atoms with Crippen LogP contribution in [0.4, 0.5) is 4.79 Å². The number of likely N-dealkylation sites (tertiary alicyclic amines) is 1. The number of hydrogen-bond donors (Lipinski definition) is 1. The molecule has 4 heteroatoms. The van der Waals surface area contributed by atoms with Crippen LogP contribution in [0.2, 0.25) is 0 Å². The summed E-state index contributed by atoms with van der Waals surface area (Å²) in [5.41, 5.74) is 5.62. The van der Waals surface area contributed by atoms with Crippen LogP contribution in [0.3, 0.4) is 0 Å². The minimum atomic E-state index is -0.407. The first kappa shape index (κ1) is 11.7. The first-order chi connectivity index (χ1) is 7.38. The largest absolute Gasteiger partial charge is 0.444 e. The van der Waals surface area contributed by atoms with Crippen molar-refractivity contribution >= 4 is 6.09 Å². The minimum absolute atomic E-state index is 0.172. The van der Waals surface area contributed by atoms with Gasteiger partial charge in [0.15, 0.2) is 0 Å². The minimum Gasteiger partial charge on any atom is -0.444 e. The number of ether oxygens (including phenoxy) is 1. The van der Waals surface area contributed by atoms with Crippen molar-refractivity contribution in [2.45, 2.75) is 57.7 Å².